The van der Waals surface area contributed by atoms with Crippen LogP contribution in [0.15, 0.2) is 18.2 Å². The van der Waals surface area contributed by atoms with Crippen LogP contribution >= 0.6 is 23.2 Å². The van der Waals surface area contributed by atoms with Gasteiger partial charge in [0.15, 0.2) is 0 Å². The van der Waals surface area contributed by atoms with Crippen molar-refractivity contribution in [1.82, 2.24) is 4.90 Å². The van der Waals surface area contributed by atoms with Gasteiger partial charge in [0.25, 0.3) is 0 Å². The summed E-state index contributed by atoms with van der Waals surface area (Å²) in [6.45, 7) is 5.13. The Hall–Kier alpha value is -0.280. The summed E-state index contributed by atoms with van der Waals surface area (Å²) >= 11 is 12.6. The molecule has 1 fully saturated rings. The van der Waals surface area contributed by atoms with E-state index in [4.69, 9.17) is 28.9 Å². The van der Waals surface area contributed by atoms with E-state index in [9.17, 15) is 0 Å². The minimum Gasteiger partial charge on any atom is -0.330 e. The average Bonchev–Trinajstić information content (AvgIpc) is 2.64. The van der Waals surface area contributed by atoms with Crippen molar-refractivity contribution in [3.8, 4) is 0 Å². The number of nitrogens with two attached hydrogens (primary N) is 1. The average molecular weight is 315 g/mol. The molecule has 0 amide bonds. The van der Waals surface area contributed by atoms with E-state index < -0.39 is 0 Å². The molecule has 4 heteroatoms. The predicted molar refractivity (Wildman–Crippen MR) is 87.5 cm³/mol. The second-order valence-electron chi connectivity index (χ2n) is 5.64. The van der Waals surface area contributed by atoms with Crippen LogP contribution in [0, 0.1) is 5.92 Å². The van der Waals surface area contributed by atoms with Crippen molar-refractivity contribution in [2.24, 2.45) is 11.7 Å². The fourth-order valence-corrected chi connectivity index (χ4v) is 3.70. The van der Waals surface area contributed by atoms with Crippen molar-refractivity contribution in [1.29, 1.82) is 0 Å². The van der Waals surface area contributed by atoms with Crippen molar-refractivity contribution in [3.63, 3.8) is 0 Å². The molecule has 20 heavy (non-hydrogen) atoms. The van der Waals surface area contributed by atoms with Crippen LogP contribution in [0.2, 0.25) is 10.0 Å². The van der Waals surface area contributed by atoms with Gasteiger partial charge >= 0.3 is 0 Å². The molecule has 0 aliphatic carbocycles. The fourth-order valence-electron chi connectivity index (χ4n) is 3.29. The minimum atomic E-state index is 0.300. The third-order valence-electron chi connectivity index (χ3n) is 4.20. The molecule has 2 nitrogen and oxygen atoms in total. The zero-order valence-electron chi connectivity index (χ0n) is 12.1. The molecule has 1 aliphatic heterocycles. The monoisotopic (exact) mass is 314 g/mol. The van der Waals surface area contributed by atoms with Crippen LogP contribution in [-0.4, -0.2) is 24.5 Å². The molecule has 2 atom stereocenters. The predicted octanol–water partition coefficient (Wildman–Crippen LogP) is 4.51. The van der Waals surface area contributed by atoms with Crippen molar-refractivity contribution in [2.45, 2.75) is 38.6 Å². The maximum Gasteiger partial charge on any atom is 0.0455 e. The first-order chi connectivity index (χ1) is 9.67. The molecule has 1 saturated heterocycles. The van der Waals surface area contributed by atoms with E-state index in [0.717, 1.165) is 35.1 Å². The third-order valence-corrected chi connectivity index (χ3v) is 4.78. The Morgan fingerprint density at radius 1 is 1.30 bits per heavy atom. The molecule has 0 radical (unpaired) electrons. The van der Waals surface area contributed by atoms with Crippen LogP contribution in [0.5, 0.6) is 0 Å². The number of halogens is 2. The Balaban J connectivity index is 2.40. The molecule has 1 heterocycles. The van der Waals surface area contributed by atoms with Crippen LogP contribution < -0.4 is 5.73 Å². The van der Waals surface area contributed by atoms with Gasteiger partial charge in [-0.1, -0.05) is 36.5 Å². The molecule has 1 aliphatic rings. The van der Waals surface area contributed by atoms with E-state index in [2.05, 4.69) is 11.8 Å². The lowest BCUT2D eigenvalue weighted by atomic mass is 9.89. The summed E-state index contributed by atoms with van der Waals surface area (Å²) < 4.78 is 0. The lowest BCUT2D eigenvalue weighted by molar-refractivity contribution is 0.158. The first-order valence-electron chi connectivity index (χ1n) is 7.56. The van der Waals surface area contributed by atoms with Gasteiger partial charge in [0.1, 0.15) is 0 Å². The maximum atomic E-state index is 6.44. The van der Waals surface area contributed by atoms with Crippen LogP contribution in [0.25, 0.3) is 0 Å². The van der Waals surface area contributed by atoms with Gasteiger partial charge in [-0.05, 0) is 68.6 Å². The van der Waals surface area contributed by atoms with E-state index in [1.165, 1.54) is 19.3 Å². The van der Waals surface area contributed by atoms with Crippen molar-refractivity contribution >= 4 is 23.2 Å². The Morgan fingerprint density at radius 3 is 2.80 bits per heavy atom. The summed E-state index contributed by atoms with van der Waals surface area (Å²) in [6.07, 6.45) is 4.80. The lowest BCUT2D eigenvalue weighted by Gasteiger charge is -2.35. The summed E-state index contributed by atoms with van der Waals surface area (Å²) in [5.41, 5.74) is 7.19. The van der Waals surface area contributed by atoms with Gasteiger partial charge in [-0.2, -0.15) is 0 Å². The Kier molecular flexibility index (Phi) is 6.16. The van der Waals surface area contributed by atoms with E-state index in [0.29, 0.717) is 18.5 Å². The molecule has 0 saturated carbocycles. The van der Waals surface area contributed by atoms with Crippen LogP contribution in [0.1, 0.15) is 44.2 Å². The zero-order chi connectivity index (χ0) is 14.5. The Morgan fingerprint density at radius 2 is 2.10 bits per heavy atom. The molecular formula is C16H24Cl2N2. The van der Waals surface area contributed by atoms with Crippen molar-refractivity contribution in [3.05, 3.63) is 33.8 Å². The van der Waals surface area contributed by atoms with E-state index >= 15 is 0 Å². The second-order valence-corrected chi connectivity index (χ2v) is 6.48. The molecular weight excluding hydrogens is 291 g/mol. The summed E-state index contributed by atoms with van der Waals surface area (Å²) in [4.78, 5) is 2.54. The van der Waals surface area contributed by atoms with Gasteiger partial charge in [0.2, 0.25) is 0 Å². The molecule has 2 unspecified atom stereocenters. The molecule has 0 aromatic heterocycles. The van der Waals surface area contributed by atoms with Gasteiger partial charge in [-0.15, -0.1) is 0 Å². The standard InChI is InChI=1S/C16H24Cl2N2/c1-2-8-20-9-4-3-5-12(11-19)16(20)14-10-13(17)6-7-15(14)18/h6-7,10,12,16H,2-5,8-9,11,19H2,1H3. The highest BCUT2D eigenvalue weighted by molar-refractivity contribution is 6.33. The van der Waals surface area contributed by atoms with Gasteiger partial charge in [0, 0.05) is 16.1 Å². The van der Waals surface area contributed by atoms with Crippen LogP contribution in [0.4, 0.5) is 0 Å². The SMILES string of the molecule is CCCN1CCCCC(CN)C1c1cc(Cl)ccc1Cl. The smallest absolute Gasteiger partial charge is 0.0455 e. The number of hydrogen-bond acceptors (Lipinski definition) is 2. The molecule has 1 aromatic rings. The number of benzene rings is 1. The second kappa shape index (κ2) is 7.65. The number of hydrogen-bond donors (Lipinski definition) is 1. The summed E-state index contributed by atoms with van der Waals surface area (Å²) in [5, 5.41) is 1.56. The number of rotatable bonds is 4. The minimum absolute atomic E-state index is 0.300. The number of nitrogens with zero attached hydrogens (tertiary/aromatic N) is 1. The molecule has 2 rings (SSSR count). The lowest BCUT2D eigenvalue weighted by Crippen LogP contribution is -2.36. The van der Waals surface area contributed by atoms with Gasteiger partial charge in [0.05, 0.1) is 0 Å². The molecule has 112 valence electrons. The Labute approximate surface area is 132 Å². The van der Waals surface area contributed by atoms with E-state index in [1.54, 1.807) is 0 Å². The topological polar surface area (TPSA) is 29.3 Å². The normalized spacial score (nSPS) is 24.6. The third kappa shape index (κ3) is 3.67. The van der Waals surface area contributed by atoms with Gasteiger partial charge in [-0.25, -0.2) is 0 Å². The van der Waals surface area contributed by atoms with Crippen molar-refractivity contribution < 1.29 is 0 Å². The summed E-state index contributed by atoms with van der Waals surface area (Å²) in [6, 6.07) is 6.08. The largest absolute Gasteiger partial charge is 0.330 e. The Bertz CT molecular complexity index is 436. The summed E-state index contributed by atoms with van der Waals surface area (Å²) in [7, 11) is 0. The molecule has 0 spiro atoms. The van der Waals surface area contributed by atoms with Crippen LogP contribution in [-0.2, 0) is 0 Å². The highest BCUT2D eigenvalue weighted by Gasteiger charge is 2.31. The fraction of sp³-hybridized carbons (Fsp3) is 0.625. The first kappa shape index (κ1) is 16.1. The first-order valence-corrected chi connectivity index (χ1v) is 8.32. The zero-order valence-corrected chi connectivity index (χ0v) is 13.6. The van der Waals surface area contributed by atoms with Crippen molar-refractivity contribution in [2.75, 3.05) is 19.6 Å². The van der Waals surface area contributed by atoms with E-state index in [-0.39, 0.29) is 0 Å². The summed E-state index contributed by atoms with van der Waals surface area (Å²) in [5.74, 6) is 0.458. The highest BCUT2D eigenvalue weighted by Crippen LogP contribution is 2.38. The maximum absolute atomic E-state index is 6.44. The quantitative estimate of drug-likeness (QED) is 0.886. The molecule has 1 aromatic carbocycles. The van der Waals surface area contributed by atoms with E-state index in [1.807, 2.05) is 18.2 Å². The number of likely N-dealkylation sites (tertiary alicyclic amines) is 1. The van der Waals surface area contributed by atoms with Crippen LogP contribution in [0.3, 0.4) is 0 Å². The highest BCUT2D eigenvalue weighted by atomic mass is 35.5. The molecule has 2 N–H and O–H groups in total. The van der Waals surface area contributed by atoms with Gasteiger partial charge < -0.3 is 5.73 Å². The van der Waals surface area contributed by atoms with Gasteiger partial charge in [-0.3, -0.25) is 4.90 Å². The molecule has 0 bridgehead atoms.